The second-order valence-electron chi connectivity index (χ2n) is 5.88. The van der Waals surface area contributed by atoms with Crippen molar-refractivity contribution < 1.29 is 13.2 Å². The van der Waals surface area contributed by atoms with Crippen molar-refractivity contribution in [3.63, 3.8) is 0 Å². The average molecular weight is 364 g/mol. The molecule has 0 aliphatic carbocycles. The van der Waals surface area contributed by atoms with Crippen LogP contribution in [0.2, 0.25) is 0 Å². The lowest BCUT2D eigenvalue weighted by Gasteiger charge is -2.29. The van der Waals surface area contributed by atoms with E-state index in [0.29, 0.717) is 6.54 Å². The molecule has 7 heteroatoms. The van der Waals surface area contributed by atoms with Crippen LogP contribution in [0.1, 0.15) is 21.7 Å². The number of benzene rings is 1. The zero-order valence-corrected chi connectivity index (χ0v) is 15.3. The van der Waals surface area contributed by atoms with E-state index in [4.69, 9.17) is 0 Å². The minimum Gasteiger partial charge on any atom is -0.311 e. The van der Waals surface area contributed by atoms with E-state index < -0.39 is 10.0 Å². The predicted molar refractivity (Wildman–Crippen MR) is 96.1 cm³/mol. The van der Waals surface area contributed by atoms with Gasteiger partial charge in [0.05, 0.1) is 11.4 Å². The summed E-state index contributed by atoms with van der Waals surface area (Å²) in [5.74, 6) is -0.227. The Hall–Kier alpha value is -1.70. The molecule has 2 aromatic rings. The molecule has 1 aliphatic heterocycles. The van der Waals surface area contributed by atoms with Crippen LogP contribution in [-0.2, 0) is 21.2 Å². The van der Waals surface area contributed by atoms with Crippen molar-refractivity contribution in [1.82, 2.24) is 4.72 Å². The number of carbonyl (C=O) groups is 1. The summed E-state index contributed by atoms with van der Waals surface area (Å²) in [5.41, 5.74) is 2.01. The van der Waals surface area contributed by atoms with Gasteiger partial charge in [0.2, 0.25) is 15.9 Å². The van der Waals surface area contributed by atoms with Gasteiger partial charge >= 0.3 is 0 Å². The SMILES string of the molecule is Cc1cc(S(=O)(=O)NCC(=O)N2CCCc3ccccc32)c(C)s1. The van der Waals surface area contributed by atoms with Crippen LogP contribution >= 0.6 is 11.3 Å². The highest BCUT2D eigenvalue weighted by atomic mass is 32.2. The molecule has 0 bridgehead atoms. The van der Waals surface area contributed by atoms with Gasteiger partial charge in [-0.05, 0) is 44.4 Å². The maximum absolute atomic E-state index is 12.5. The number of amides is 1. The summed E-state index contributed by atoms with van der Waals surface area (Å²) >= 11 is 1.43. The van der Waals surface area contributed by atoms with E-state index in [1.807, 2.05) is 31.2 Å². The first-order valence-electron chi connectivity index (χ1n) is 7.83. The third-order valence-electron chi connectivity index (χ3n) is 4.11. The van der Waals surface area contributed by atoms with E-state index in [1.54, 1.807) is 17.9 Å². The number of nitrogens with zero attached hydrogens (tertiary/aromatic N) is 1. The zero-order chi connectivity index (χ0) is 17.3. The van der Waals surface area contributed by atoms with Crippen molar-refractivity contribution in [2.75, 3.05) is 18.0 Å². The molecule has 0 saturated heterocycles. The Morgan fingerprint density at radius 3 is 2.75 bits per heavy atom. The minimum absolute atomic E-state index is 0.227. The van der Waals surface area contributed by atoms with E-state index in [0.717, 1.165) is 33.8 Å². The lowest BCUT2D eigenvalue weighted by molar-refractivity contribution is -0.117. The summed E-state index contributed by atoms with van der Waals surface area (Å²) in [6.45, 7) is 4.03. The van der Waals surface area contributed by atoms with Gasteiger partial charge in [0.15, 0.2) is 0 Å². The van der Waals surface area contributed by atoms with Crippen molar-refractivity contribution in [2.45, 2.75) is 31.6 Å². The summed E-state index contributed by atoms with van der Waals surface area (Å²) in [4.78, 5) is 16.1. The first-order valence-corrected chi connectivity index (χ1v) is 10.1. The lowest BCUT2D eigenvalue weighted by Crippen LogP contribution is -2.42. The van der Waals surface area contributed by atoms with E-state index in [2.05, 4.69) is 4.72 Å². The highest BCUT2D eigenvalue weighted by molar-refractivity contribution is 7.89. The quantitative estimate of drug-likeness (QED) is 0.907. The number of anilines is 1. The number of carbonyl (C=O) groups excluding carboxylic acids is 1. The largest absolute Gasteiger partial charge is 0.311 e. The van der Waals surface area contributed by atoms with Gasteiger partial charge in [0.1, 0.15) is 0 Å². The Labute approximate surface area is 146 Å². The van der Waals surface area contributed by atoms with Gasteiger partial charge in [0.25, 0.3) is 0 Å². The molecule has 1 aromatic carbocycles. The molecule has 0 spiro atoms. The van der Waals surface area contributed by atoms with Gasteiger partial charge in [-0.1, -0.05) is 18.2 Å². The molecule has 3 rings (SSSR count). The molecule has 1 N–H and O–H groups in total. The van der Waals surface area contributed by atoms with E-state index in [1.165, 1.54) is 11.3 Å². The van der Waals surface area contributed by atoms with Crippen molar-refractivity contribution in [1.29, 1.82) is 0 Å². The highest BCUT2D eigenvalue weighted by Crippen LogP contribution is 2.27. The van der Waals surface area contributed by atoms with Gasteiger partial charge in [-0.25, -0.2) is 13.1 Å². The fraction of sp³-hybridized carbons (Fsp3) is 0.353. The normalized spacial score (nSPS) is 14.5. The molecular formula is C17H20N2O3S2. The standard InChI is InChI=1S/C17H20N2O3S2/c1-12-10-16(13(2)23-12)24(21,22)18-11-17(20)19-9-5-7-14-6-3-4-8-15(14)19/h3-4,6,8,10,18H,5,7,9,11H2,1-2H3. The van der Waals surface area contributed by atoms with Crippen molar-refractivity contribution in [2.24, 2.45) is 0 Å². The van der Waals surface area contributed by atoms with Crippen LogP contribution in [0.25, 0.3) is 0 Å². The van der Waals surface area contributed by atoms with Gasteiger partial charge in [-0.15, -0.1) is 11.3 Å². The maximum atomic E-state index is 12.5. The Kier molecular flexibility index (Phi) is 4.76. The van der Waals surface area contributed by atoms with Crippen LogP contribution in [-0.4, -0.2) is 27.4 Å². The van der Waals surface area contributed by atoms with E-state index in [-0.39, 0.29) is 17.3 Å². The van der Waals surface area contributed by atoms with Crippen LogP contribution in [0.15, 0.2) is 35.2 Å². The molecule has 1 aliphatic rings. The molecule has 24 heavy (non-hydrogen) atoms. The van der Waals surface area contributed by atoms with Gasteiger partial charge in [-0.3, -0.25) is 4.79 Å². The Morgan fingerprint density at radius 2 is 2.04 bits per heavy atom. The maximum Gasteiger partial charge on any atom is 0.242 e. The molecule has 1 aromatic heterocycles. The monoisotopic (exact) mass is 364 g/mol. The second kappa shape index (κ2) is 6.66. The summed E-state index contributed by atoms with van der Waals surface area (Å²) in [6, 6.07) is 9.41. The molecule has 0 atom stereocenters. The molecule has 128 valence electrons. The van der Waals surface area contributed by atoms with Crippen LogP contribution in [0, 0.1) is 13.8 Å². The topological polar surface area (TPSA) is 66.5 Å². The predicted octanol–water partition coefficient (Wildman–Crippen LogP) is 2.62. The Balaban J connectivity index is 1.74. The van der Waals surface area contributed by atoms with Crippen LogP contribution in [0.4, 0.5) is 5.69 Å². The molecule has 0 unspecified atom stereocenters. The molecule has 1 amide bonds. The summed E-state index contributed by atoms with van der Waals surface area (Å²) in [5, 5.41) is 0. The lowest BCUT2D eigenvalue weighted by atomic mass is 10.0. The first kappa shape index (κ1) is 17.1. The Morgan fingerprint density at radius 1 is 1.29 bits per heavy atom. The molecule has 0 radical (unpaired) electrons. The molecular weight excluding hydrogens is 344 g/mol. The number of hydrogen-bond acceptors (Lipinski definition) is 4. The number of rotatable bonds is 4. The van der Waals surface area contributed by atoms with Crippen LogP contribution < -0.4 is 9.62 Å². The van der Waals surface area contributed by atoms with E-state index in [9.17, 15) is 13.2 Å². The van der Waals surface area contributed by atoms with Crippen molar-refractivity contribution >= 4 is 33.0 Å². The average Bonchev–Trinajstić information content (AvgIpc) is 2.91. The smallest absolute Gasteiger partial charge is 0.242 e. The number of fused-ring (bicyclic) bond motifs is 1. The molecule has 0 saturated carbocycles. The first-order chi connectivity index (χ1) is 11.4. The van der Waals surface area contributed by atoms with Crippen molar-refractivity contribution in [3.8, 4) is 0 Å². The van der Waals surface area contributed by atoms with E-state index >= 15 is 0 Å². The fourth-order valence-electron chi connectivity index (χ4n) is 3.00. The van der Waals surface area contributed by atoms with Crippen LogP contribution in [0.3, 0.4) is 0 Å². The van der Waals surface area contributed by atoms with Gasteiger partial charge < -0.3 is 4.90 Å². The molecule has 0 fully saturated rings. The number of hydrogen-bond donors (Lipinski definition) is 1. The third kappa shape index (κ3) is 3.38. The Bertz CT molecular complexity index is 872. The number of sulfonamides is 1. The highest BCUT2D eigenvalue weighted by Gasteiger charge is 2.25. The molecule has 2 heterocycles. The van der Waals surface area contributed by atoms with Crippen molar-refractivity contribution in [3.05, 3.63) is 45.6 Å². The number of para-hydroxylation sites is 1. The van der Waals surface area contributed by atoms with Crippen LogP contribution in [0.5, 0.6) is 0 Å². The third-order valence-corrected chi connectivity index (χ3v) is 6.73. The second-order valence-corrected chi connectivity index (χ2v) is 9.08. The number of thiophene rings is 1. The summed E-state index contributed by atoms with van der Waals surface area (Å²) in [7, 11) is -3.67. The zero-order valence-electron chi connectivity index (χ0n) is 13.7. The summed E-state index contributed by atoms with van der Waals surface area (Å²) < 4.78 is 27.3. The molecule has 5 nitrogen and oxygen atoms in total. The fourth-order valence-corrected chi connectivity index (χ4v) is 5.52. The minimum atomic E-state index is -3.67. The van der Waals surface area contributed by atoms with Gasteiger partial charge in [-0.2, -0.15) is 0 Å². The van der Waals surface area contributed by atoms with Gasteiger partial charge in [0, 0.05) is 22.0 Å². The number of aryl methyl sites for hydroxylation is 3. The number of nitrogens with one attached hydrogen (secondary N) is 1. The summed E-state index contributed by atoms with van der Waals surface area (Å²) in [6.07, 6.45) is 1.83.